The molecule has 2 heterocycles. The minimum atomic E-state index is 1.02. The second-order valence-electron chi connectivity index (χ2n) is 3.99. The third-order valence-electron chi connectivity index (χ3n) is 2.45. The van der Waals surface area contributed by atoms with Gasteiger partial charge < -0.3 is 5.32 Å². The first-order valence-electron chi connectivity index (χ1n) is 6.07. The zero-order valence-corrected chi connectivity index (χ0v) is 14.1. The van der Waals surface area contributed by atoms with Gasteiger partial charge in [-0.15, -0.1) is 21.5 Å². The fraction of sp³-hybridized carbons (Fsp3) is 0.500. The van der Waals surface area contributed by atoms with Crippen molar-refractivity contribution in [2.45, 2.75) is 26.2 Å². The van der Waals surface area contributed by atoms with E-state index in [2.05, 4.69) is 56.5 Å². The maximum atomic E-state index is 4.27. The monoisotopic (exact) mass is 393 g/mol. The van der Waals surface area contributed by atoms with Crippen molar-refractivity contribution in [1.82, 2.24) is 15.5 Å². The van der Waals surface area contributed by atoms with Gasteiger partial charge in [0.2, 0.25) is 0 Å². The Labute approximate surface area is 129 Å². The molecule has 0 amide bonds. The van der Waals surface area contributed by atoms with Crippen molar-refractivity contribution in [3.63, 3.8) is 0 Å². The summed E-state index contributed by atoms with van der Waals surface area (Å²) in [5.74, 6) is 0. The van der Waals surface area contributed by atoms with Crippen LogP contribution in [0.4, 0.5) is 0 Å². The van der Waals surface area contributed by atoms with Crippen LogP contribution in [0.3, 0.4) is 0 Å². The molecule has 0 aliphatic heterocycles. The first kappa shape index (κ1) is 14.4. The molecule has 0 aromatic carbocycles. The number of halogens is 1. The van der Waals surface area contributed by atoms with Crippen LogP contribution in [0.1, 0.15) is 24.8 Å². The second-order valence-corrected chi connectivity index (χ2v) is 7.86. The topological polar surface area (TPSA) is 37.8 Å². The van der Waals surface area contributed by atoms with E-state index in [0.717, 1.165) is 35.9 Å². The van der Waals surface area contributed by atoms with Crippen LogP contribution in [0, 0.1) is 2.88 Å². The molecule has 98 valence electrons. The summed E-state index contributed by atoms with van der Waals surface area (Å²) in [6.07, 6.45) is 3.35. The Morgan fingerprint density at radius 1 is 1.33 bits per heavy atom. The Hall–Kier alpha value is -0.0500. The maximum Gasteiger partial charge on any atom is 0.148 e. The highest BCUT2D eigenvalue weighted by Crippen LogP contribution is 2.29. The maximum absolute atomic E-state index is 4.27. The van der Waals surface area contributed by atoms with E-state index in [-0.39, 0.29) is 0 Å². The van der Waals surface area contributed by atoms with E-state index in [1.54, 1.807) is 22.7 Å². The van der Waals surface area contributed by atoms with Gasteiger partial charge in [-0.2, -0.15) is 0 Å². The van der Waals surface area contributed by atoms with Gasteiger partial charge in [0.05, 0.1) is 2.88 Å². The summed E-state index contributed by atoms with van der Waals surface area (Å²) >= 11 is 5.80. The molecule has 6 heteroatoms. The van der Waals surface area contributed by atoms with Crippen LogP contribution >= 0.6 is 45.3 Å². The molecule has 0 aliphatic rings. The van der Waals surface area contributed by atoms with E-state index in [0.29, 0.717) is 0 Å². The fourth-order valence-electron chi connectivity index (χ4n) is 1.56. The number of rotatable bonds is 7. The fourth-order valence-corrected chi connectivity index (χ4v) is 3.83. The van der Waals surface area contributed by atoms with Crippen LogP contribution in [0.25, 0.3) is 10.6 Å². The summed E-state index contributed by atoms with van der Waals surface area (Å²) in [4.78, 5) is 0. The third-order valence-corrected chi connectivity index (χ3v) is 5.27. The molecule has 0 unspecified atom stereocenters. The minimum Gasteiger partial charge on any atom is -0.317 e. The van der Waals surface area contributed by atoms with E-state index < -0.39 is 0 Å². The number of hydrogen-bond acceptors (Lipinski definition) is 5. The Morgan fingerprint density at radius 3 is 2.94 bits per heavy atom. The molecule has 0 saturated carbocycles. The van der Waals surface area contributed by atoms with Gasteiger partial charge in [-0.25, -0.2) is 0 Å². The van der Waals surface area contributed by atoms with Gasteiger partial charge >= 0.3 is 0 Å². The van der Waals surface area contributed by atoms with Crippen LogP contribution in [-0.4, -0.2) is 23.3 Å². The van der Waals surface area contributed by atoms with Crippen molar-refractivity contribution in [2.75, 3.05) is 13.1 Å². The molecule has 18 heavy (non-hydrogen) atoms. The van der Waals surface area contributed by atoms with Crippen molar-refractivity contribution in [2.24, 2.45) is 0 Å². The molecule has 0 bridgehead atoms. The van der Waals surface area contributed by atoms with Crippen molar-refractivity contribution < 1.29 is 0 Å². The van der Waals surface area contributed by atoms with E-state index in [1.165, 1.54) is 14.9 Å². The summed E-state index contributed by atoms with van der Waals surface area (Å²) in [5, 5.41) is 16.3. The van der Waals surface area contributed by atoms with Crippen LogP contribution in [-0.2, 0) is 6.42 Å². The summed E-state index contributed by atoms with van der Waals surface area (Å²) in [7, 11) is 0. The Kier molecular flexibility index (Phi) is 6.00. The number of hydrogen-bond donors (Lipinski definition) is 1. The van der Waals surface area contributed by atoms with Gasteiger partial charge in [0, 0.05) is 17.4 Å². The first-order valence-corrected chi connectivity index (χ1v) is 8.84. The molecule has 3 nitrogen and oxygen atoms in total. The molecular weight excluding hydrogens is 377 g/mol. The van der Waals surface area contributed by atoms with Crippen molar-refractivity contribution in [1.29, 1.82) is 0 Å². The van der Waals surface area contributed by atoms with Crippen LogP contribution in [0.2, 0.25) is 0 Å². The predicted octanol–water partition coefficient (Wildman–Crippen LogP) is 3.80. The molecule has 0 saturated heterocycles. The Balaban J connectivity index is 1.83. The van der Waals surface area contributed by atoms with E-state index >= 15 is 0 Å². The van der Waals surface area contributed by atoms with Gasteiger partial charge in [0.15, 0.2) is 0 Å². The van der Waals surface area contributed by atoms with Crippen LogP contribution in [0.15, 0.2) is 11.4 Å². The van der Waals surface area contributed by atoms with Gasteiger partial charge in [-0.3, -0.25) is 0 Å². The lowest BCUT2D eigenvalue weighted by atomic mass is 10.3. The predicted molar refractivity (Wildman–Crippen MR) is 87.4 cm³/mol. The third kappa shape index (κ3) is 4.25. The van der Waals surface area contributed by atoms with E-state index in [4.69, 9.17) is 0 Å². The first-order chi connectivity index (χ1) is 8.79. The van der Waals surface area contributed by atoms with Crippen LogP contribution < -0.4 is 5.32 Å². The summed E-state index contributed by atoms with van der Waals surface area (Å²) in [6, 6.07) is 2.17. The largest absolute Gasteiger partial charge is 0.317 e. The molecule has 0 aliphatic carbocycles. The van der Waals surface area contributed by atoms with Crippen molar-refractivity contribution in [3.8, 4) is 10.6 Å². The van der Waals surface area contributed by atoms with Gasteiger partial charge in [0.1, 0.15) is 10.0 Å². The number of aryl methyl sites for hydroxylation is 1. The average Bonchev–Trinajstić information content (AvgIpc) is 2.97. The standard InChI is InChI=1S/C12H16IN3S2/c1-2-5-14-6-3-4-11-15-16-12(18-11)9-7-10(13)17-8-9/h7-8,14H,2-6H2,1H3. The molecule has 2 rings (SSSR count). The number of aromatic nitrogens is 2. The van der Waals surface area contributed by atoms with Gasteiger partial charge in [-0.1, -0.05) is 18.3 Å². The number of nitrogens with one attached hydrogen (secondary N) is 1. The zero-order chi connectivity index (χ0) is 12.8. The highest BCUT2D eigenvalue weighted by molar-refractivity contribution is 14.1. The summed E-state index contributed by atoms with van der Waals surface area (Å²) in [5.41, 5.74) is 1.21. The average molecular weight is 393 g/mol. The van der Waals surface area contributed by atoms with E-state index in [1.807, 2.05) is 0 Å². The highest BCUT2D eigenvalue weighted by Gasteiger charge is 2.08. The lowest BCUT2D eigenvalue weighted by Gasteiger charge is -1.99. The second kappa shape index (κ2) is 7.52. The smallest absolute Gasteiger partial charge is 0.148 e. The lowest BCUT2D eigenvalue weighted by Crippen LogP contribution is -2.16. The normalized spacial score (nSPS) is 11.0. The van der Waals surface area contributed by atoms with Crippen molar-refractivity contribution >= 4 is 45.3 Å². The molecular formula is C12H16IN3S2. The number of thiophene rings is 1. The highest BCUT2D eigenvalue weighted by atomic mass is 127. The molecule has 0 fully saturated rings. The summed E-state index contributed by atoms with van der Waals surface area (Å²) in [6.45, 7) is 4.36. The zero-order valence-electron chi connectivity index (χ0n) is 10.3. The SMILES string of the molecule is CCCNCCCc1nnc(-c2csc(I)c2)s1. The molecule has 0 spiro atoms. The quantitative estimate of drug-likeness (QED) is 0.575. The number of nitrogens with zero attached hydrogens (tertiary/aromatic N) is 2. The van der Waals surface area contributed by atoms with E-state index in [9.17, 15) is 0 Å². The molecule has 2 aromatic heterocycles. The van der Waals surface area contributed by atoms with Gasteiger partial charge in [0.25, 0.3) is 0 Å². The van der Waals surface area contributed by atoms with Crippen LogP contribution in [0.5, 0.6) is 0 Å². The molecule has 0 radical (unpaired) electrons. The molecule has 0 atom stereocenters. The van der Waals surface area contributed by atoms with Gasteiger partial charge in [-0.05, 0) is 54.6 Å². The molecule has 2 aromatic rings. The minimum absolute atomic E-state index is 1.02. The lowest BCUT2D eigenvalue weighted by molar-refractivity contribution is 0.637. The Morgan fingerprint density at radius 2 is 2.22 bits per heavy atom. The molecule has 1 N–H and O–H groups in total. The summed E-state index contributed by atoms with van der Waals surface area (Å²) < 4.78 is 1.29. The Bertz CT molecular complexity index is 481. The van der Waals surface area contributed by atoms with Crippen molar-refractivity contribution in [3.05, 3.63) is 19.3 Å².